The van der Waals surface area contributed by atoms with Gasteiger partial charge in [0.1, 0.15) is 17.3 Å². The third-order valence-electron chi connectivity index (χ3n) is 2.85. The van der Waals surface area contributed by atoms with Crippen LogP contribution in [0.5, 0.6) is 0 Å². The van der Waals surface area contributed by atoms with Crippen molar-refractivity contribution >= 4 is 17.6 Å². The first-order valence-electron chi connectivity index (χ1n) is 6.35. The topological polar surface area (TPSA) is 57.6 Å². The molecule has 0 saturated heterocycles. The second kappa shape index (κ2) is 6.98. The van der Waals surface area contributed by atoms with Gasteiger partial charge in [0.05, 0.1) is 5.92 Å². The van der Waals surface area contributed by atoms with Crippen molar-refractivity contribution in [1.29, 1.82) is 0 Å². The molecule has 0 saturated carbocycles. The molecule has 1 aromatic carbocycles. The first-order chi connectivity index (χ1) is 9.38. The van der Waals surface area contributed by atoms with Crippen LogP contribution < -0.4 is 4.90 Å². The van der Waals surface area contributed by atoms with E-state index in [0.717, 1.165) is 17.0 Å². The Kier molecular flexibility index (Phi) is 5.61. The van der Waals surface area contributed by atoms with E-state index in [1.165, 1.54) is 13.0 Å². The van der Waals surface area contributed by atoms with Gasteiger partial charge in [-0.3, -0.25) is 9.59 Å². The lowest BCUT2D eigenvalue weighted by molar-refractivity contribution is -0.140. The molecule has 0 aliphatic heterocycles. The highest BCUT2D eigenvalue weighted by Crippen LogP contribution is 2.25. The average Bonchev–Trinajstić information content (AvgIpc) is 2.37. The summed E-state index contributed by atoms with van der Waals surface area (Å²) in [5.74, 6) is -4.31. The second-order valence-corrected chi connectivity index (χ2v) is 4.56. The third-order valence-corrected chi connectivity index (χ3v) is 2.85. The molecule has 0 heterocycles. The summed E-state index contributed by atoms with van der Waals surface area (Å²) in [5.41, 5.74) is -0.487. The van der Waals surface area contributed by atoms with Gasteiger partial charge in [0.25, 0.3) is 0 Å². The van der Waals surface area contributed by atoms with Gasteiger partial charge in [-0.15, -0.1) is 0 Å². The van der Waals surface area contributed by atoms with Crippen molar-refractivity contribution in [3.63, 3.8) is 0 Å². The largest absolute Gasteiger partial charge is 0.481 e. The Balaban J connectivity index is 3.16. The summed E-state index contributed by atoms with van der Waals surface area (Å²) in [6, 6.07) is 3.27. The Morgan fingerprint density at radius 1 is 1.30 bits per heavy atom. The number of hydrogen-bond acceptors (Lipinski definition) is 2. The van der Waals surface area contributed by atoms with Crippen molar-refractivity contribution in [2.45, 2.75) is 26.7 Å². The molecule has 0 radical (unpaired) electrons. The van der Waals surface area contributed by atoms with Gasteiger partial charge in [-0.2, -0.15) is 0 Å². The number of amides is 1. The van der Waals surface area contributed by atoms with Crippen molar-refractivity contribution < 1.29 is 23.5 Å². The molecule has 0 aliphatic carbocycles. The van der Waals surface area contributed by atoms with Crippen LogP contribution in [0, 0.1) is 17.6 Å². The summed E-state index contributed by atoms with van der Waals surface area (Å²) >= 11 is 0. The van der Waals surface area contributed by atoms with Gasteiger partial charge in [0.15, 0.2) is 0 Å². The quantitative estimate of drug-likeness (QED) is 0.874. The van der Waals surface area contributed by atoms with Gasteiger partial charge in [-0.25, -0.2) is 8.78 Å². The predicted octanol–water partition coefficient (Wildman–Crippen LogP) is 2.82. The number of halogens is 2. The third kappa shape index (κ3) is 3.76. The van der Waals surface area contributed by atoms with E-state index < -0.39 is 35.1 Å². The van der Waals surface area contributed by atoms with Crippen LogP contribution in [0.1, 0.15) is 26.7 Å². The van der Waals surface area contributed by atoms with E-state index in [-0.39, 0.29) is 13.0 Å². The smallest absolute Gasteiger partial charge is 0.308 e. The molecule has 6 heteroatoms. The Morgan fingerprint density at radius 3 is 2.30 bits per heavy atom. The molecule has 1 atom stereocenters. The van der Waals surface area contributed by atoms with Crippen molar-refractivity contribution in [1.82, 2.24) is 0 Å². The molecule has 0 aromatic heterocycles. The first-order valence-corrected chi connectivity index (χ1v) is 6.35. The number of carbonyl (C=O) groups excluding carboxylic acids is 1. The predicted molar refractivity (Wildman–Crippen MR) is 70.4 cm³/mol. The molecular formula is C14H17F2NO3. The molecular weight excluding hydrogens is 268 g/mol. The fourth-order valence-electron chi connectivity index (χ4n) is 1.77. The number of carbonyl (C=O) groups is 2. The summed E-state index contributed by atoms with van der Waals surface area (Å²) < 4.78 is 27.5. The monoisotopic (exact) mass is 285 g/mol. The molecule has 0 fully saturated rings. The Bertz CT molecular complexity index is 485. The van der Waals surface area contributed by atoms with E-state index in [1.54, 1.807) is 6.92 Å². The number of carboxylic acid groups (broad SMARTS) is 1. The highest BCUT2D eigenvalue weighted by molar-refractivity contribution is 5.94. The van der Waals surface area contributed by atoms with Crippen molar-refractivity contribution in [3.8, 4) is 0 Å². The first kappa shape index (κ1) is 16.1. The zero-order chi connectivity index (χ0) is 15.3. The molecule has 1 N–H and O–H groups in total. The zero-order valence-corrected chi connectivity index (χ0v) is 11.4. The molecule has 110 valence electrons. The molecule has 0 bridgehead atoms. The lowest BCUT2D eigenvalue weighted by atomic mass is 10.1. The van der Waals surface area contributed by atoms with E-state index in [1.807, 2.05) is 0 Å². The minimum Gasteiger partial charge on any atom is -0.481 e. The van der Waals surface area contributed by atoms with Gasteiger partial charge in [-0.05, 0) is 18.6 Å². The summed E-state index contributed by atoms with van der Waals surface area (Å²) in [4.78, 5) is 23.8. The minimum absolute atomic E-state index is 0.0973. The van der Waals surface area contributed by atoms with E-state index in [2.05, 4.69) is 0 Å². The fraction of sp³-hybridized carbons (Fsp3) is 0.429. The Labute approximate surface area is 116 Å². The lowest BCUT2D eigenvalue weighted by Gasteiger charge is -2.25. The molecule has 0 spiro atoms. The number of aliphatic carboxylic acids is 1. The normalized spacial score (nSPS) is 12.0. The second-order valence-electron chi connectivity index (χ2n) is 4.56. The summed E-state index contributed by atoms with van der Waals surface area (Å²) in [7, 11) is 0. The van der Waals surface area contributed by atoms with Crippen LogP contribution in [0.2, 0.25) is 0 Å². The van der Waals surface area contributed by atoms with Crippen LogP contribution in [0.25, 0.3) is 0 Å². The summed E-state index contributed by atoms with van der Waals surface area (Å²) in [5, 5.41) is 8.90. The summed E-state index contributed by atoms with van der Waals surface area (Å²) in [6.07, 6.45) is 0.604. The number of benzene rings is 1. The maximum atomic E-state index is 13.8. The van der Waals surface area contributed by atoms with Crippen LogP contribution in [-0.2, 0) is 9.59 Å². The maximum absolute atomic E-state index is 13.8. The van der Waals surface area contributed by atoms with E-state index in [9.17, 15) is 18.4 Å². The average molecular weight is 285 g/mol. The number of rotatable bonds is 6. The van der Waals surface area contributed by atoms with Gasteiger partial charge in [0, 0.05) is 13.0 Å². The number of nitrogens with zero attached hydrogens (tertiary/aromatic N) is 1. The fourth-order valence-corrected chi connectivity index (χ4v) is 1.77. The van der Waals surface area contributed by atoms with Gasteiger partial charge in [-0.1, -0.05) is 19.9 Å². The maximum Gasteiger partial charge on any atom is 0.308 e. The van der Waals surface area contributed by atoms with Crippen molar-refractivity contribution in [2.75, 3.05) is 11.4 Å². The van der Waals surface area contributed by atoms with Crippen LogP contribution in [0.15, 0.2) is 18.2 Å². The zero-order valence-electron chi connectivity index (χ0n) is 11.4. The van der Waals surface area contributed by atoms with Gasteiger partial charge >= 0.3 is 5.97 Å². The molecule has 1 rings (SSSR count). The van der Waals surface area contributed by atoms with Crippen LogP contribution in [-0.4, -0.2) is 23.5 Å². The van der Waals surface area contributed by atoms with E-state index >= 15 is 0 Å². The molecule has 1 aromatic rings. The highest BCUT2D eigenvalue weighted by atomic mass is 19.1. The molecule has 1 amide bonds. The number of para-hydroxylation sites is 1. The number of carboxylic acids is 1. The van der Waals surface area contributed by atoms with Crippen LogP contribution >= 0.6 is 0 Å². The van der Waals surface area contributed by atoms with Gasteiger partial charge < -0.3 is 10.0 Å². The highest BCUT2D eigenvalue weighted by Gasteiger charge is 2.26. The summed E-state index contributed by atoms with van der Waals surface area (Å²) in [6.45, 7) is 2.87. The Hall–Kier alpha value is -1.98. The molecule has 4 nitrogen and oxygen atoms in total. The van der Waals surface area contributed by atoms with E-state index in [0.29, 0.717) is 6.42 Å². The van der Waals surface area contributed by atoms with E-state index in [4.69, 9.17) is 5.11 Å². The molecule has 20 heavy (non-hydrogen) atoms. The molecule has 1 unspecified atom stereocenters. The Morgan fingerprint density at radius 2 is 1.85 bits per heavy atom. The van der Waals surface area contributed by atoms with Crippen molar-refractivity contribution in [3.05, 3.63) is 29.8 Å². The van der Waals surface area contributed by atoms with Crippen molar-refractivity contribution in [2.24, 2.45) is 5.92 Å². The molecule has 0 aliphatic rings. The SMILES string of the molecule is CCCC(=O)N(CC(C)C(=O)O)c1c(F)cccc1F. The standard InChI is InChI=1S/C14H17F2NO3/c1-3-5-12(18)17(8-9(2)14(19)20)13-10(15)6-4-7-11(13)16/h4,6-7,9H,3,5,8H2,1-2H3,(H,19,20). The van der Waals surface area contributed by atoms with Crippen LogP contribution in [0.4, 0.5) is 14.5 Å². The lowest BCUT2D eigenvalue weighted by Crippen LogP contribution is -2.38. The number of anilines is 1. The van der Waals surface area contributed by atoms with Crippen LogP contribution in [0.3, 0.4) is 0 Å². The van der Waals surface area contributed by atoms with Gasteiger partial charge in [0.2, 0.25) is 5.91 Å². The minimum atomic E-state index is -1.13. The number of hydrogen-bond donors (Lipinski definition) is 1.